The van der Waals surface area contributed by atoms with Gasteiger partial charge in [-0.05, 0) is 81.0 Å². The van der Waals surface area contributed by atoms with Gasteiger partial charge in [-0.3, -0.25) is 10.5 Å². The standard InChI is InChI=1S/C24H36N2O3S.ClH/c1-14(27)29-16-6-9-22(2)15(12-16)4-5-18-17(22)7-10-23(3)19(8-11-24(18,23)28)20-13-30-21(25)26-20;/h13,15-19,28H,4-12H2,1-3H3,(H2,25,26);1H/t15-,16+,17+,18-,19-,22+,23-,24+;/m1./s1. The molecule has 0 bridgehead atoms. The van der Waals surface area contributed by atoms with E-state index < -0.39 is 5.60 Å². The van der Waals surface area contributed by atoms with Crippen LogP contribution in [0.25, 0.3) is 0 Å². The molecule has 1 heterocycles. The zero-order valence-corrected chi connectivity index (χ0v) is 20.5. The lowest BCUT2D eigenvalue weighted by Crippen LogP contribution is -3.00. The predicted octanol–water partition coefficient (Wildman–Crippen LogP) is 1.32. The lowest BCUT2D eigenvalue weighted by Gasteiger charge is -2.63. The Kier molecular flexibility index (Phi) is 5.92. The van der Waals surface area contributed by atoms with Gasteiger partial charge >= 0.3 is 11.1 Å². The largest absolute Gasteiger partial charge is 1.00 e. The molecule has 174 valence electrons. The minimum atomic E-state index is -0.591. The lowest BCUT2D eigenvalue weighted by atomic mass is 9.43. The van der Waals surface area contributed by atoms with Crippen LogP contribution in [0.4, 0.5) is 5.13 Å². The number of ether oxygens (including phenoxy) is 1. The lowest BCUT2D eigenvalue weighted by molar-refractivity contribution is -0.373. The Morgan fingerprint density at radius 1 is 1.16 bits per heavy atom. The Morgan fingerprint density at radius 2 is 1.94 bits per heavy atom. The molecule has 31 heavy (non-hydrogen) atoms. The average molecular weight is 469 g/mol. The van der Waals surface area contributed by atoms with E-state index in [1.807, 2.05) is 0 Å². The number of carbonyl (C=O) groups excluding carboxylic acids is 1. The summed E-state index contributed by atoms with van der Waals surface area (Å²) in [7, 11) is 0. The molecule has 0 amide bonds. The third kappa shape index (κ3) is 3.34. The van der Waals surface area contributed by atoms with Crippen LogP contribution in [0.3, 0.4) is 0 Å². The smallest absolute Gasteiger partial charge is 0.329 e. The maximum absolute atomic E-state index is 12.3. The Hall–Kier alpha value is -0.850. The summed E-state index contributed by atoms with van der Waals surface area (Å²) in [6.07, 6.45) is 9.64. The van der Waals surface area contributed by atoms with E-state index in [2.05, 4.69) is 24.2 Å². The molecule has 4 saturated carbocycles. The summed E-state index contributed by atoms with van der Waals surface area (Å²) >= 11 is 1.57. The number of esters is 1. The first kappa shape index (κ1) is 23.3. The second kappa shape index (κ2) is 7.88. The van der Waals surface area contributed by atoms with Crippen molar-refractivity contribution in [3.8, 4) is 0 Å². The number of aromatic amines is 1. The second-order valence-corrected chi connectivity index (χ2v) is 12.1. The Balaban J connectivity index is 0.00000231. The van der Waals surface area contributed by atoms with Crippen molar-refractivity contribution in [2.24, 2.45) is 28.6 Å². The number of hydrogen-bond donors (Lipinski definition) is 2. The minimum Gasteiger partial charge on any atom is -1.00 e. The molecule has 0 saturated heterocycles. The SMILES string of the molecule is CC(=O)O[C@H]1CC[C@@]2(C)[C@H](CC[C@@H]3[C@@H]2CC[C@]2(C)[C@@H](c4csc(N)[nH+]4)CC[C@]32O)C1.[Cl-]. The highest BCUT2D eigenvalue weighted by atomic mass is 35.5. The Morgan fingerprint density at radius 3 is 2.61 bits per heavy atom. The van der Waals surface area contributed by atoms with Gasteiger partial charge in [-0.1, -0.05) is 25.2 Å². The number of nitrogens with one attached hydrogen (secondary N) is 1. The van der Waals surface area contributed by atoms with Gasteiger partial charge in [0.2, 0.25) is 0 Å². The summed E-state index contributed by atoms with van der Waals surface area (Å²) < 4.78 is 5.59. The first-order chi connectivity index (χ1) is 14.2. The van der Waals surface area contributed by atoms with E-state index in [1.165, 1.54) is 19.0 Å². The molecule has 4 aliphatic carbocycles. The fraction of sp³-hybridized carbons (Fsp3) is 0.833. The minimum absolute atomic E-state index is 0. The van der Waals surface area contributed by atoms with Crippen LogP contribution in [-0.2, 0) is 9.53 Å². The van der Waals surface area contributed by atoms with Crippen molar-refractivity contribution in [2.45, 2.75) is 96.2 Å². The highest BCUT2D eigenvalue weighted by Crippen LogP contribution is 2.70. The van der Waals surface area contributed by atoms with Crippen LogP contribution >= 0.6 is 11.3 Å². The third-order valence-corrected chi connectivity index (χ3v) is 10.8. The number of nitrogens with two attached hydrogens (primary N) is 1. The molecule has 1 aromatic heterocycles. The zero-order valence-electron chi connectivity index (χ0n) is 19.0. The maximum atomic E-state index is 12.3. The Bertz CT molecular complexity index is 849. The molecule has 4 fully saturated rings. The molecule has 1 aromatic rings. The highest BCUT2D eigenvalue weighted by molar-refractivity contribution is 7.13. The monoisotopic (exact) mass is 468 g/mol. The molecule has 5 rings (SSSR count). The molecule has 5 nitrogen and oxygen atoms in total. The second-order valence-electron chi connectivity index (χ2n) is 11.2. The number of halogens is 1. The average Bonchev–Trinajstić information content (AvgIpc) is 3.22. The van der Waals surface area contributed by atoms with Crippen molar-refractivity contribution >= 4 is 22.4 Å². The normalized spacial score (nSPS) is 46.3. The number of hydrogen-bond acceptors (Lipinski definition) is 5. The molecule has 0 unspecified atom stereocenters. The predicted molar refractivity (Wildman–Crippen MR) is 117 cm³/mol. The van der Waals surface area contributed by atoms with Crippen LogP contribution in [0.5, 0.6) is 0 Å². The molecular formula is C24H37ClN2O3S. The summed E-state index contributed by atoms with van der Waals surface area (Å²) in [5.74, 6) is 1.77. The first-order valence-corrected chi connectivity index (χ1v) is 12.7. The summed E-state index contributed by atoms with van der Waals surface area (Å²) in [6.45, 7) is 6.34. The quantitative estimate of drug-likeness (QED) is 0.641. The molecule has 0 spiro atoms. The van der Waals surface area contributed by atoms with E-state index in [4.69, 9.17) is 10.5 Å². The number of thiazole rings is 1. The fourth-order valence-corrected chi connectivity index (χ4v) is 9.18. The van der Waals surface area contributed by atoms with Gasteiger partial charge in [-0.15, -0.1) is 0 Å². The van der Waals surface area contributed by atoms with Crippen molar-refractivity contribution in [2.75, 3.05) is 5.73 Å². The number of anilines is 1. The molecule has 0 aromatic carbocycles. The molecule has 0 radical (unpaired) electrons. The van der Waals surface area contributed by atoms with Crippen LogP contribution in [0.15, 0.2) is 5.38 Å². The van der Waals surface area contributed by atoms with E-state index in [0.717, 1.165) is 56.5 Å². The van der Waals surface area contributed by atoms with Crippen LogP contribution in [-0.4, -0.2) is 22.8 Å². The number of aliphatic hydroxyl groups is 1. The summed E-state index contributed by atoms with van der Waals surface area (Å²) in [4.78, 5) is 14.8. The highest BCUT2D eigenvalue weighted by Gasteiger charge is 2.68. The van der Waals surface area contributed by atoms with Crippen LogP contribution < -0.4 is 23.1 Å². The number of aromatic nitrogens is 1. The van der Waals surface area contributed by atoms with Crippen LogP contribution in [0, 0.1) is 28.6 Å². The van der Waals surface area contributed by atoms with Crippen molar-refractivity contribution in [3.63, 3.8) is 0 Å². The van der Waals surface area contributed by atoms with Gasteiger partial charge in [-0.25, -0.2) is 4.98 Å². The van der Waals surface area contributed by atoms with Gasteiger partial charge in [-0.2, -0.15) is 0 Å². The molecule has 7 heteroatoms. The number of nitrogen functional groups attached to an aromatic ring is 1. The third-order valence-electron chi connectivity index (χ3n) is 10.1. The number of rotatable bonds is 2. The Labute approximate surface area is 195 Å². The van der Waals surface area contributed by atoms with Gasteiger partial charge in [0.05, 0.1) is 5.60 Å². The number of H-pyrrole nitrogens is 1. The van der Waals surface area contributed by atoms with Gasteiger partial charge in [0.15, 0.2) is 0 Å². The van der Waals surface area contributed by atoms with E-state index in [-0.39, 0.29) is 35.3 Å². The summed E-state index contributed by atoms with van der Waals surface area (Å²) in [6, 6.07) is 0. The zero-order chi connectivity index (χ0) is 21.3. The molecule has 0 aliphatic heterocycles. The topological polar surface area (TPSA) is 86.7 Å². The number of carbonyl (C=O) groups is 1. The van der Waals surface area contributed by atoms with E-state index in [0.29, 0.717) is 23.7 Å². The fourth-order valence-electron chi connectivity index (χ4n) is 8.52. The van der Waals surface area contributed by atoms with Gasteiger partial charge in [0.25, 0.3) is 0 Å². The molecule has 4 aliphatic rings. The van der Waals surface area contributed by atoms with Crippen molar-refractivity contribution in [3.05, 3.63) is 11.1 Å². The van der Waals surface area contributed by atoms with Gasteiger partial charge in [0, 0.05) is 23.6 Å². The molecule has 4 N–H and O–H groups in total. The van der Waals surface area contributed by atoms with Crippen molar-refractivity contribution in [1.82, 2.24) is 0 Å². The van der Waals surface area contributed by atoms with Gasteiger partial charge < -0.3 is 22.3 Å². The van der Waals surface area contributed by atoms with E-state index in [9.17, 15) is 9.90 Å². The van der Waals surface area contributed by atoms with Crippen molar-refractivity contribution < 1.29 is 32.0 Å². The summed E-state index contributed by atoms with van der Waals surface area (Å²) in [5.41, 5.74) is 6.80. The van der Waals surface area contributed by atoms with Gasteiger partial charge in [0.1, 0.15) is 11.8 Å². The molecule has 8 atom stereocenters. The van der Waals surface area contributed by atoms with Crippen molar-refractivity contribution in [1.29, 1.82) is 0 Å². The van der Waals surface area contributed by atoms with E-state index in [1.54, 1.807) is 11.3 Å². The first-order valence-electron chi connectivity index (χ1n) is 11.8. The maximum Gasteiger partial charge on any atom is 0.329 e. The number of fused-ring (bicyclic) bond motifs is 5. The van der Waals surface area contributed by atoms with E-state index >= 15 is 0 Å². The summed E-state index contributed by atoms with van der Waals surface area (Å²) in [5, 5.41) is 15.2. The molecular weight excluding hydrogens is 432 g/mol. The van der Waals surface area contributed by atoms with Crippen LogP contribution in [0.2, 0.25) is 0 Å². The van der Waals surface area contributed by atoms with Crippen LogP contribution in [0.1, 0.15) is 90.2 Å².